The van der Waals surface area contributed by atoms with Gasteiger partial charge >= 0.3 is 0 Å². The Morgan fingerprint density at radius 2 is 1.81 bits per heavy atom. The Bertz CT molecular complexity index is 307. The summed E-state index contributed by atoms with van der Waals surface area (Å²) in [6, 6.07) is 0. The van der Waals surface area contributed by atoms with Crippen molar-refractivity contribution in [2.24, 2.45) is 5.41 Å². The molecule has 0 spiro atoms. The van der Waals surface area contributed by atoms with E-state index in [0.717, 1.165) is 32.5 Å². The summed E-state index contributed by atoms with van der Waals surface area (Å²) in [5, 5.41) is 6.33. The van der Waals surface area contributed by atoms with Crippen LogP contribution in [0, 0.1) is 5.41 Å². The molecular weight excluding hydrogens is 313 g/mol. The van der Waals surface area contributed by atoms with Crippen LogP contribution in [0.15, 0.2) is 0 Å². The lowest BCUT2D eigenvalue weighted by Gasteiger charge is -2.36. The van der Waals surface area contributed by atoms with E-state index in [2.05, 4.69) is 29.4 Å². The number of amides is 1. The fourth-order valence-corrected chi connectivity index (χ4v) is 2.75. The van der Waals surface area contributed by atoms with E-state index in [1.54, 1.807) is 7.11 Å². The van der Waals surface area contributed by atoms with Crippen molar-refractivity contribution in [3.63, 3.8) is 0 Å². The van der Waals surface area contributed by atoms with Crippen LogP contribution in [-0.2, 0) is 9.53 Å². The lowest BCUT2D eigenvalue weighted by Crippen LogP contribution is -2.55. The third kappa shape index (κ3) is 7.15. The van der Waals surface area contributed by atoms with Gasteiger partial charge in [-0.1, -0.05) is 13.8 Å². The van der Waals surface area contributed by atoms with Crippen molar-refractivity contribution in [2.75, 3.05) is 47.4 Å². The lowest BCUT2D eigenvalue weighted by atomic mass is 9.89. The van der Waals surface area contributed by atoms with E-state index in [9.17, 15) is 4.79 Å². The normalized spacial score (nSPS) is 17.6. The van der Waals surface area contributed by atoms with E-state index >= 15 is 0 Å². The van der Waals surface area contributed by atoms with Crippen molar-refractivity contribution >= 4 is 30.7 Å². The molecule has 0 unspecified atom stereocenters. The molecule has 0 saturated carbocycles. The smallest absolute Gasteiger partial charge is 0.252 e. The van der Waals surface area contributed by atoms with Crippen molar-refractivity contribution in [3.8, 4) is 0 Å². The minimum atomic E-state index is -0.639. The number of rotatable bonds is 6. The van der Waals surface area contributed by atoms with E-state index in [1.807, 2.05) is 14.1 Å². The number of methoxy groups -OCH3 is 1. The second-order valence-electron chi connectivity index (χ2n) is 6.53. The van der Waals surface area contributed by atoms with Crippen LogP contribution in [0.3, 0.4) is 0 Å². The Labute approximate surface area is 141 Å². The largest absolute Gasteiger partial charge is 0.368 e. The fourth-order valence-electron chi connectivity index (χ4n) is 2.75. The average Bonchev–Trinajstić information content (AvgIpc) is 2.35. The molecule has 0 aromatic heterocycles. The zero-order valence-corrected chi connectivity index (χ0v) is 15.5. The molecule has 21 heavy (non-hydrogen) atoms. The van der Waals surface area contributed by atoms with E-state index < -0.39 is 5.60 Å². The quantitative estimate of drug-likeness (QED) is 0.763. The molecular formula is C14H31Cl2N3O2. The standard InChI is InChI=1S/C14H29N3O2.2ClH/c1-13(2,11-17(3)4)10-16-12(18)14(19-5)6-8-15-9-7-14;;/h15H,6-11H2,1-5H3,(H,16,18);2*1H. The number of hydrogen-bond acceptors (Lipinski definition) is 4. The zero-order chi connectivity index (χ0) is 14.5. The Hall–Kier alpha value is -0.0700. The second-order valence-corrected chi connectivity index (χ2v) is 6.53. The van der Waals surface area contributed by atoms with Gasteiger partial charge in [0.15, 0.2) is 0 Å². The summed E-state index contributed by atoms with van der Waals surface area (Å²) < 4.78 is 5.52. The first kappa shape index (κ1) is 23.2. The third-order valence-corrected chi connectivity index (χ3v) is 3.69. The molecule has 0 aromatic carbocycles. The topological polar surface area (TPSA) is 53.6 Å². The van der Waals surface area contributed by atoms with Crippen molar-refractivity contribution in [3.05, 3.63) is 0 Å². The Morgan fingerprint density at radius 1 is 1.29 bits per heavy atom. The monoisotopic (exact) mass is 343 g/mol. The van der Waals surface area contributed by atoms with Gasteiger partial charge in [-0.2, -0.15) is 0 Å². The average molecular weight is 344 g/mol. The number of halogens is 2. The highest BCUT2D eigenvalue weighted by molar-refractivity contribution is 5.86. The number of nitrogens with zero attached hydrogens (tertiary/aromatic N) is 1. The van der Waals surface area contributed by atoms with Gasteiger partial charge in [-0.15, -0.1) is 24.8 Å². The van der Waals surface area contributed by atoms with Gasteiger partial charge in [0.2, 0.25) is 0 Å². The van der Waals surface area contributed by atoms with Gasteiger partial charge in [0.05, 0.1) is 0 Å². The maximum absolute atomic E-state index is 12.4. The molecule has 0 aromatic rings. The van der Waals surface area contributed by atoms with Crippen LogP contribution in [-0.4, -0.2) is 63.8 Å². The SMILES string of the molecule is COC1(C(=O)NCC(C)(C)CN(C)C)CCNCC1.Cl.Cl. The molecule has 128 valence electrons. The van der Waals surface area contributed by atoms with E-state index in [1.165, 1.54) is 0 Å². The van der Waals surface area contributed by atoms with E-state index in [0.29, 0.717) is 6.54 Å². The first-order chi connectivity index (χ1) is 8.81. The first-order valence-corrected chi connectivity index (χ1v) is 7.00. The summed E-state index contributed by atoms with van der Waals surface area (Å²) in [5.74, 6) is 0.0309. The molecule has 5 nitrogen and oxygen atoms in total. The second kappa shape index (κ2) is 9.85. The predicted molar refractivity (Wildman–Crippen MR) is 91.7 cm³/mol. The lowest BCUT2D eigenvalue weighted by molar-refractivity contribution is -0.147. The number of piperidine rings is 1. The molecule has 1 fully saturated rings. The van der Waals surface area contributed by atoms with Gasteiger partial charge in [0, 0.05) is 20.2 Å². The molecule has 2 N–H and O–H groups in total. The number of carbonyl (C=O) groups excluding carboxylic acids is 1. The highest BCUT2D eigenvalue weighted by Crippen LogP contribution is 2.23. The molecule has 0 radical (unpaired) electrons. The summed E-state index contributed by atoms with van der Waals surface area (Å²) in [4.78, 5) is 14.5. The van der Waals surface area contributed by atoms with Crippen molar-refractivity contribution in [2.45, 2.75) is 32.3 Å². The van der Waals surface area contributed by atoms with Gasteiger partial charge in [-0.25, -0.2) is 0 Å². The Balaban J connectivity index is 0. The number of nitrogens with one attached hydrogen (secondary N) is 2. The molecule has 1 rings (SSSR count). The van der Waals surface area contributed by atoms with Gasteiger partial charge < -0.3 is 20.3 Å². The van der Waals surface area contributed by atoms with Gasteiger partial charge in [-0.3, -0.25) is 4.79 Å². The molecule has 0 aliphatic carbocycles. The minimum Gasteiger partial charge on any atom is -0.368 e. The number of ether oxygens (including phenoxy) is 1. The molecule has 1 heterocycles. The van der Waals surface area contributed by atoms with Crippen molar-refractivity contribution < 1.29 is 9.53 Å². The molecule has 1 aliphatic heterocycles. The maximum Gasteiger partial charge on any atom is 0.252 e. The van der Waals surface area contributed by atoms with Gasteiger partial charge in [0.1, 0.15) is 5.60 Å². The molecule has 0 atom stereocenters. The van der Waals surface area contributed by atoms with E-state index in [-0.39, 0.29) is 36.1 Å². The van der Waals surface area contributed by atoms with Crippen LogP contribution >= 0.6 is 24.8 Å². The van der Waals surface area contributed by atoms with Crippen LogP contribution in [0.25, 0.3) is 0 Å². The van der Waals surface area contributed by atoms with Crippen LogP contribution in [0.2, 0.25) is 0 Å². The molecule has 1 aliphatic rings. The zero-order valence-electron chi connectivity index (χ0n) is 13.8. The molecule has 1 amide bonds. The van der Waals surface area contributed by atoms with Crippen molar-refractivity contribution in [1.29, 1.82) is 0 Å². The highest BCUT2D eigenvalue weighted by Gasteiger charge is 2.40. The van der Waals surface area contributed by atoms with Crippen molar-refractivity contribution in [1.82, 2.24) is 15.5 Å². The number of hydrogen-bond donors (Lipinski definition) is 2. The van der Waals surface area contributed by atoms with Crippen LogP contribution in [0.4, 0.5) is 0 Å². The van der Waals surface area contributed by atoms with Crippen LogP contribution < -0.4 is 10.6 Å². The summed E-state index contributed by atoms with van der Waals surface area (Å²) in [6.45, 7) is 7.60. The summed E-state index contributed by atoms with van der Waals surface area (Å²) in [7, 11) is 5.73. The molecule has 0 bridgehead atoms. The van der Waals surface area contributed by atoms with Gasteiger partial charge in [0.25, 0.3) is 5.91 Å². The minimum absolute atomic E-state index is 0. The summed E-state index contributed by atoms with van der Waals surface area (Å²) in [5.41, 5.74) is -0.583. The van der Waals surface area contributed by atoms with Crippen LogP contribution in [0.5, 0.6) is 0 Å². The Morgan fingerprint density at radius 3 is 2.24 bits per heavy atom. The third-order valence-electron chi connectivity index (χ3n) is 3.69. The maximum atomic E-state index is 12.4. The van der Waals surface area contributed by atoms with E-state index in [4.69, 9.17) is 4.74 Å². The first-order valence-electron chi connectivity index (χ1n) is 7.00. The highest BCUT2D eigenvalue weighted by atomic mass is 35.5. The number of carbonyl (C=O) groups is 1. The Kier molecular flexibility index (Phi) is 10.9. The molecule has 7 heteroatoms. The predicted octanol–water partition coefficient (Wildman–Crippen LogP) is 1.30. The summed E-state index contributed by atoms with van der Waals surface area (Å²) >= 11 is 0. The molecule has 1 saturated heterocycles. The van der Waals surface area contributed by atoms with Gasteiger partial charge in [-0.05, 0) is 45.4 Å². The summed E-state index contributed by atoms with van der Waals surface area (Å²) in [6.07, 6.45) is 1.48. The fraction of sp³-hybridized carbons (Fsp3) is 0.929. The van der Waals surface area contributed by atoms with Crippen LogP contribution in [0.1, 0.15) is 26.7 Å².